The van der Waals surface area contributed by atoms with E-state index in [4.69, 9.17) is 0 Å². The van der Waals surface area contributed by atoms with E-state index in [1.165, 1.54) is 24.3 Å². The number of rotatable bonds is 7. The van der Waals surface area contributed by atoms with Crippen molar-refractivity contribution in [2.45, 2.75) is 39.8 Å². The number of aliphatic hydroxyl groups excluding tert-OH is 1. The number of amides is 1. The number of aromatic nitrogens is 2. The molecule has 2 N–H and O–H groups in total. The van der Waals surface area contributed by atoms with Crippen molar-refractivity contribution in [1.29, 1.82) is 0 Å². The summed E-state index contributed by atoms with van der Waals surface area (Å²) >= 11 is 0. The standard InChI is InChI=1S/C18H24FN3O2/c1-4-22-16(10-15(21-22)9-12(2)3)18(24)20-11-17(23)13-5-7-14(19)8-6-13/h5-8,10,12,17,23H,4,9,11H2,1-3H3,(H,20,24). The summed E-state index contributed by atoms with van der Waals surface area (Å²) in [5.74, 6) is -0.179. The lowest BCUT2D eigenvalue weighted by Gasteiger charge is -2.12. The Kier molecular flexibility index (Phi) is 6.09. The van der Waals surface area contributed by atoms with Crippen molar-refractivity contribution in [1.82, 2.24) is 15.1 Å². The molecular formula is C18H24FN3O2. The normalized spacial score (nSPS) is 12.4. The van der Waals surface area contributed by atoms with E-state index in [9.17, 15) is 14.3 Å². The van der Waals surface area contributed by atoms with Gasteiger partial charge < -0.3 is 10.4 Å². The molecule has 0 fully saturated rings. The van der Waals surface area contributed by atoms with Gasteiger partial charge in [-0.05, 0) is 43.0 Å². The first-order chi connectivity index (χ1) is 11.4. The van der Waals surface area contributed by atoms with E-state index < -0.39 is 6.10 Å². The van der Waals surface area contributed by atoms with Gasteiger partial charge in [-0.15, -0.1) is 0 Å². The average Bonchev–Trinajstić information content (AvgIpc) is 2.95. The quantitative estimate of drug-likeness (QED) is 0.819. The number of nitrogens with zero attached hydrogens (tertiary/aromatic N) is 2. The van der Waals surface area contributed by atoms with Crippen LogP contribution in [-0.2, 0) is 13.0 Å². The van der Waals surface area contributed by atoms with Gasteiger partial charge in [-0.2, -0.15) is 5.10 Å². The second-order valence-corrected chi connectivity index (χ2v) is 6.21. The average molecular weight is 333 g/mol. The number of hydrogen-bond donors (Lipinski definition) is 2. The molecule has 1 aromatic heterocycles. The van der Waals surface area contributed by atoms with Crippen LogP contribution in [0.3, 0.4) is 0 Å². The maximum absolute atomic E-state index is 12.9. The molecule has 1 amide bonds. The Balaban J connectivity index is 2.01. The lowest BCUT2D eigenvalue weighted by atomic mass is 10.1. The summed E-state index contributed by atoms with van der Waals surface area (Å²) in [7, 11) is 0. The monoisotopic (exact) mass is 333 g/mol. The van der Waals surface area contributed by atoms with Crippen LogP contribution < -0.4 is 5.32 Å². The van der Waals surface area contributed by atoms with E-state index in [-0.39, 0.29) is 18.3 Å². The molecule has 0 spiro atoms. The number of benzene rings is 1. The summed E-state index contributed by atoms with van der Waals surface area (Å²) in [5, 5.41) is 17.2. The number of halogens is 1. The largest absolute Gasteiger partial charge is 0.387 e. The fourth-order valence-corrected chi connectivity index (χ4v) is 2.49. The lowest BCUT2D eigenvalue weighted by Crippen LogP contribution is -2.30. The predicted molar refractivity (Wildman–Crippen MR) is 90.1 cm³/mol. The zero-order valence-corrected chi connectivity index (χ0v) is 14.3. The molecule has 6 heteroatoms. The first kappa shape index (κ1) is 18.1. The van der Waals surface area contributed by atoms with Gasteiger partial charge in [0.2, 0.25) is 0 Å². The molecule has 0 aliphatic carbocycles. The van der Waals surface area contributed by atoms with Crippen LogP contribution in [0.1, 0.15) is 48.6 Å². The van der Waals surface area contributed by atoms with Gasteiger partial charge in [0, 0.05) is 13.1 Å². The second-order valence-electron chi connectivity index (χ2n) is 6.21. The molecule has 1 aromatic carbocycles. The van der Waals surface area contributed by atoms with Crippen molar-refractivity contribution in [3.05, 3.63) is 53.1 Å². The van der Waals surface area contributed by atoms with E-state index in [0.29, 0.717) is 23.7 Å². The van der Waals surface area contributed by atoms with Crippen LogP contribution in [0.5, 0.6) is 0 Å². The highest BCUT2D eigenvalue weighted by Gasteiger charge is 2.16. The minimum atomic E-state index is -0.886. The van der Waals surface area contributed by atoms with Crippen LogP contribution in [-0.4, -0.2) is 27.3 Å². The van der Waals surface area contributed by atoms with E-state index in [1.807, 2.05) is 6.92 Å². The van der Waals surface area contributed by atoms with Crippen molar-refractivity contribution in [2.75, 3.05) is 6.54 Å². The molecule has 0 aliphatic heterocycles. The first-order valence-electron chi connectivity index (χ1n) is 8.19. The first-order valence-corrected chi connectivity index (χ1v) is 8.19. The molecule has 0 aliphatic rings. The maximum Gasteiger partial charge on any atom is 0.269 e. The van der Waals surface area contributed by atoms with Gasteiger partial charge in [0.1, 0.15) is 11.5 Å². The Morgan fingerprint density at radius 1 is 1.33 bits per heavy atom. The minimum Gasteiger partial charge on any atom is -0.387 e. The fourth-order valence-electron chi connectivity index (χ4n) is 2.49. The van der Waals surface area contributed by atoms with Crippen molar-refractivity contribution in [2.24, 2.45) is 5.92 Å². The molecule has 2 rings (SSSR count). The van der Waals surface area contributed by atoms with Gasteiger partial charge in [-0.1, -0.05) is 26.0 Å². The van der Waals surface area contributed by atoms with Gasteiger partial charge in [0.05, 0.1) is 11.8 Å². The molecule has 2 aromatic rings. The highest BCUT2D eigenvalue weighted by Crippen LogP contribution is 2.14. The molecule has 1 unspecified atom stereocenters. The third-order valence-electron chi connectivity index (χ3n) is 3.69. The molecule has 1 heterocycles. The fraction of sp³-hybridized carbons (Fsp3) is 0.444. The molecule has 0 saturated carbocycles. The summed E-state index contributed by atoms with van der Waals surface area (Å²) in [4.78, 5) is 12.4. The van der Waals surface area contributed by atoms with Gasteiger partial charge >= 0.3 is 0 Å². The van der Waals surface area contributed by atoms with Gasteiger partial charge in [0.15, 0.2) is 0 Å². The Morgan fingerprint density at radius 2 is 2.00 bits per heavy atom. The molecule has 24 heavy (non-hydrogen) atoms. The summed E-state index contributed by atoms with van der Waals surface area (Å²) in [6.45, 7) is 6.78. The number of aryl methyl sites for hydroxylation is 1. The van der Waals surface area contributed by atoms with Crippen molar-refractivity contribution < 1.29 is 14.3 Å². The number of nitrogens with one attached hydrogen (secondary N) is 1. The molecule has 0 radical (unpaired) electrons. The van der Waals surface area contributed by atoms with Crippen LogP contribution in [0, 0.1) is 11.7 Å². The number of aliphatic hydroxyl groups is 1. The van der Waals surface area contributed by atoms with Gasteiger partial charge in [-0.3, -0.25) is 9.48 Å². The van der Waals surface area contributed by atoms with Crippen molar-refractivity contribution in [3.8, 4) is 0 Å². The molecule has 5 nitrogen and oxygen atoms in total. The molecule has 1 atom stereocenters. The van der Waals surface area contributed by atoms with E-state index in [2.05, 4.69) is 24.3 Å². The highest BCUT2D eigenvalue weighted by atomic mass is 19.1. The highest BCUT2D eigenvalue weighted by molar-refractivity contribution is 5.92. The van der Waals surface area contributed by atoms with E-state index in [0.717, 1.165) is 12.1 Å². The second kappa shape index (κ2) is 8.06. The number of hydrogen-bond acceptors (Lipinski definition) is 3. The number of carbonyl (C=O) groups excluding carboxylic acids is 1. The minimum absolute atomic E-state index is 0.0544. The number of carbonyl (C=O) groups is 1. The summed E-state index contributed by atoms with van der Waals surface area (Å²) in [6.07, 6.45) is -0.0754. The van der Waals surface area contributed by atoms with Crippen molar-refractivity contribution >= 4 is 5.91 Å². The predicted octanol–water partition coefficient (Wildman–Crippen LogP) is 2.70. The van der Waals surface area contributed by atoms with Crippen LogP contribution >= 0.6 is 0 Å². The topological polar surface area (TPSA) is 67.2 Å². The van der Waals surface area contributed by atoms with E-state index >= 15 is 0 Å². The molecule has 0 saturated heterocycles. The lowest BCUT2D eigenvalue weighted by molar-refractivity contribution is 0.0905. The molecule has 0 bridgehead atoms. The summed E-state index contributed by atoms with van der Waals surface area (Å²) in [5.41, 5.74) is 1.93. The summed E-state index contributed by atoms with van der Waals surface area (Å²) in [6, 6.07) is 7.37. The Labute approximate surface area is 141 Å². The van der Waals surface area contributed by atoms with Crippen molar-refractivity contribution in [3.63, 3.8) is 0 Å². The maximum atomic E-state index is 12.9. The van der Waals surface area contributed by atoms with Gasteiger partial charge in [0.25, 0.3) is 5.91 Å². The Bertz CT molecular complexity index is 680. The van der Waals surface area contributed by atoms with Gasteiger partial charge in [-0.25, -0.2) is 4.39 Å². The zero-order valence-electron chi connectivity index (χ0n) is 14.3. The van der Waals surface area contributed by atoms with Crippen LogP contribution in [0.4, 0.5) is 4.39 Å². The zero-order chi connectivity index (χ0) is 17.7. The SMILES string of the molecule is CCn1nc(CC(C)C)cc1C(=O)NCC(O)c1ccc(F)cc1. The third-order valence-corrected chi connectivity index (χ3v) is 3.69. The third kappa shape index (κ3) is 4.64. The Morgan fingerprint density at radius 3 is 2.58 bits per heavy atom. The van der Waals surface area contributed by atoms with Crippen LogP contribution in [0.15, 0.2) is 30.3 Å². The smallest absolute Gasteiger partial charge is 0.269 e. The molecule has 130 valence electrons. The van der Waals surface area contributed by atoms with Crippen LogP contribution in [0.2, 0.25) is 0 Å². The van der Waals surface area contributed by atoms with Crippen LogP contribution in [0.25, 0.3) is 0 Å². The molecular weight excluding hydrogens is 309 g/mol. The Hall–Kier alpha value is -2.21. The van der Waals surface area contributed by atoms with E-state index in [1.54, 1.807) is 10.7 Å². The summed E-state index contributed by atoms with van der Waals surface area (Å²) < 4.78 is 14.6.